The summed E-state index contributed by atoms with van der Waals surface area (Å²) in [5, 5.41) is 19.3. The second-order valence-corrected chi connectivity index (χ2v) is 11.0. The molecular formula is C27H27N3O3S. The Balaban J connectivity index is 1.64. The molecule has 0 bridgehead atoms. The van der Waals surface area contributed by atoms with Gasteiger partial charge in [-0.05, 0) is 72.0 Å². The molecular weight excluding hydrogens is 446 g/mol. The third-order valence-electron chi connectivity index (χ3n) is 7.25. The molecule has 174 valence electrons. The fourth-order valence-electron chi connectivity index (χ4n) is 5.51. The van der Waals surface area contributed by atoms with E-state index in [2.05, 4.69) is 17.0 Å². The highest BCUT2D eigenvalue weighted by molar-refractivity contribution is 7.89. The normalized spacial score (nSPS) is 22.2. The molecule has 1 fully saturated rings. The van der Waals surface area contributed by atoms with E-state index in [-0.39, 0.29) is 24.6 Å². The van der Waals surface area contributed by atoms with E-state index in [4.69, 9.17) is 5.26 Å². The Labute approximate surface area is 200 Å². The smallest absolute Gasteiger partial charge is 0.243 e. The summed E-state index contributed by atoms with van der Waals surface area (Å²) in [4.78, 5) is 2.39. The van der Waals surface area contributed by atoms with Gasteiger partial charge in [-0.3, -0.25) is 0 Å². The lowest BCUT2D eigenvalue weighted by Gasteiger charge is -2.44. The molecule has 0 spiro atoms. The minimum absolute atomic E-state index is 0.0155. The van der Waals surface area contributed by atoms with Crippen LogP contribution in [0.25, 0.3) is 11.1 Å². The summed E-state index contributed by atoms with van der Waals surface area (Å²) in [7, 11) is -1.75. The molecule has 0 aromatic heterocycles. The highest BCUT2D eigenvalue weighted by Gasteiger charge is 2.50. The summed E-state index contributed by atoms with van der Waals surface area (Å²) in [5.74, 6) is -0.0155. The van der Waals surface area contributed by atoms with Crippen molar-refractivity contribution >= 4 is 15.7 Å². The van der Waals surface area contributed by atoms with Crippen LogP contribution in [0.4, 0.5) is 5.69 Å². The van der Waals surface area contributed by atoms with Crippen LogP contribution in [0.2, 0.25) is 0 Å². The molecule has 0 aliphatic carbocycles. The largest absolute Gasteiger partial charge is 0.394 e. The average Bonchev–Trinajstić information content (AvgIpc) is 3.30. The zero-order valence-electron chi connectivity index (χ0n) is 19.2. The number of anilines is 1. The number of hydrogen-bond donors (Lipinski definition) is 1. The van der Waals surface area contributed by atoms with Gasteiger partial charge in [-0.1, -0.05) is 30.3 Å². The number of nitriles is 1. The maximum absolute atomic E-state index is 13.8. The number of likely N-dealkylation sites (N-methyl/N-ethyl adjacent to an activating group) is 1. The number of sulfonamides is 1. The van der Waals surface area contributed by atoms with Gasteiger partial charge >= 0.3 is 0 Å². The minimum atomic E-state index is -3.71. The van der Waals surface area contributed by atoms with Crippen LogP contribution in [-0.4, -0.2) is 44.1 Å². The molecule has 3 atom stereocenters. The predicted octanol–water partition coefficient (Wildman–Crippen LogP) is 4.10. The number of fused-ring (bicyclic) bond motifs is 3. The van der Waals surface area contributed by atoms with Gasteiger partial charge in [0.05, 0.1) is 35.2 Å². The fraction of sp³-hybridized carbons (Fsp3) is 0.296. The number of aliphatic hydroxyl groups excluding tert-OH is 1. The van der Waals surface area contributed by atoms with Gasteiger partial charge in [0.25, 0.3) is 0 Å². The number of hydrogen-bond acceptors (Lipinski definition) is 5. The van der Waals surface area contributed by atoms with E-state index in [0.29, 0.717) is 23.4 Å². The number of nitrogens with zero attached hydrogens (tertiary/aromatic N) is 3. The lowest BCUT2D eigenvalue weighted by atomic mass is 9.81. The Bertz CT molecular complexity index is 1380. The Hall–Kier alpha value is -3.18. The van der Waals surface area contributed by atoms with Gasteiger partial charge < -0.3 is 10.0 Å². The summed E-state index contributed by atoms with van der Waals surface area (Å²) in [6.07, 6.45) is 0.686. The Morgan fingerprint density at radius 1 is 1.06 bits per heavy atom. The topological polar surface area (TPSA) is 84.6 Å². The van der Waals surface area contributed by atoms with Crippen LogP contribution in [0.15, 0.2) is 71.6 Å². The highest BCUT2D eigenvalue weighted by atomic mass is 32.2. The van der Waals surface area contributed by atoms with Gasteiger partial charge in [-0.2, -0.15) is 9.57 Å². The third-order valence-corrected chi connectivity index (χ3v) is 9.12. The third kappa shape index (κ3) is 3.59. The van der Waals surface area contributed by atoms with Crippen LogP contribution in [0.1, 0.15) is 29.2 Å². The molecule has 34 heavy (non-hydrogen) atoms. The van der Waals surface area contributed by atoms with Gasteiger partial charge in [0.15, 0.2) is 0 Å². The molecule has 0 amide bonds. The molecule has 1 saturated heterocycles. The van der Waals surface area contributed by atoms with Crippen LogP contribution < -0.4 is 4.90 Å². The van der Waals surface area contributed by atoms with E-state index in [1.165, 1.54) is 0 Å². The number of benzene rings is 3. The van der Waals surface area contributed by atoms with E-state index in [1.54, 1.807) is 34.6 Å². The van der Waals surface area contributed by atoms with E-state index >= 15 is 0 Å². The van der Waals surface area contributed by atoms with E-state index in [1.807, 2.05) is 44.3 Å². The molecule has 0 unspecified atom stereocenters. The predicted molar refractivity (Wildman–Crippen MR) is 132 cm³/mol. The molecule has 1 N–H and O–H groups in total. The fourth-order valence-corrected chi connectivity index (χ4v) is 7.28. The Kier molecular flexibility index (Phi) is 5.68. The quantitative estimate of drug-likeness (QED) is 0.617. The van der Waals surface area contributed by atoms with Crippen molar-refractivity contribution in [2.24, 2.45) is 5.92 Å². The second kappa shape index (κ2) is 8.55. The standard InChI is InChI=1S/C27H27N3O3S/c1-18-4-3-5-22(14-18)34(32,33)30-13-12-23-26(17-31)29(2)25-11-10-21(15-24(25)27(23)30)20-8-6-19(16-28)7-9-20/h3-11,14-15,23,26-27,31H,12-13,17H2,1-2H3/t23-,26+,27-/m1/s1. The molecule has 2 aliphatic heterocycles. The molecule has 3 aromatic rings. The molecule has 5 rings (SSSR count). The van der Waals surface area contributed by atoms with Crippen LogP contribution in [0.3, 0.4) is 0 Å². The van der Waals surface area contributed by atoms with Crippen molar-refractivity contribution < 1.29 is 13.5 Å². The first-order chi connectivity index (χ1) is 16.3. The van der Waals surface area contributed by atoms with Gasteiger partial charge in [-0.25, -0.2) is 8.42 Å². The summed E-state index contributed by atoms with van der Waals surface area (Å²) >= 11 is 0. The first-order valence-electron chi connectivity index (χ1n) is 11.4. The molecule has 6 nitrogen and oxygen atoms in total. The number of aryl methyl sites for hydroxylation is 1. The molecule has 7 heteroatoms. The van der Waals surface area contributed by atoms with Crippen LogP contribution in [-0.2, 0) is 10.0 Å². The van der Waals surface area contributed by atoms with E-state index in [0.717, 1.165) is 27.9 Å². The first kappa shape index (κ1) is 22.6. The maximum Gasteiger partial charge on any atom is 0.243 e. The Morgan fingerprint density at radius 3 is 2.47 bits per heavy atom. The zero-order valence-corrected chi connectivity index (χ0v) is 20.0. The van der Waals surface area contributed by atoms with Crippen molar-refractivity contribution in [2.45, 2.75) is 30.3 Å². The monoisotopic (exact) mass is 473 g/mol. The van der Waals surface area contributed by atoms with E-state index < -0.39 is 10.0 Å². The molecule has 0 saturated carbocycles. The van der Waals surface area contributed by atoms with Crippen molar-refractivity contribution in [3.05, 3.63) is 83.4 Å². The van der Waals surface area contributed by atoms with Gasteiger partial charge in [0, 0.05) is 25.2 Å². The van der Waals surface area contributed by atoms with Crippen molar-refractivity contribution in [1.82, 2.24) is 4.31 Å². The summed E-state index contributed by atoms with van der Waals surface area (Å²) in [6, 6.07) is 22.2. The van der Waals surface area contributed by atoms with Crippen molar-refractivity contribution in [1.29, 1.82) is 5.26 Å². The zero-order chi connectivity index (χ0) is 24.0. The van der Waals surface area contributed by atoms with Crippen molar-refractivity contribution in [3.8, 4) is 17.2 Å². The van der Waals surface area contributed by atoms with Crippen LogP contribution in [0.5, 0.6) is 0 Å². The van der Waals surface area contributed by atoms with Crippen LogP contribution >= 0.6 is 0 Å². The van der Waals surface area contributed by atoms with Crippen molar-refractivity contribution in [2.75, 3.05) is 25.1 Å². The summed E-state index contributed by atoms with van der Waals surface area (Å²) in [6.45, 7) is 2.27. The maximum atomic E-state index is 13.8. The molecule has 2 aliphatic rings. The number of aliphatic hydroxyl groups is 1. The minimum Gasteiger partial charge on any atom is -0.394 e. The molecule has 2 heterocycles. The Morgan fingerprint density at radius 2 is 1.79 bits per heavy atom. The molecule has 0 radical (unpaired) electrons. The second-order valence-electron chi connectivity index (χ2n) is 9.15. The summed E-state index contributed by atoms with van der Waals surface area (Å²) < 4.78 is 29.2. The average molecular weight is 474 g/mol. The van der Waals surface area contributed by atoms with Crippen molar-refractivity contribution in [3.63, 3.8) is 0 Å². The van der Waals surface area contributed by atoms with Gasteiger partial charge in [-0.15, -0.1) is 0 Å². The highest BCUT2D eigenvalue weighted by Crippen LogP contribution is 2.51. The molecule has 3 aromatic carbocycles. The number of rotatable bonds is 4. The first-order valence-corrected chi connectivity index (χ1v) is 12.9. The van der Waals surface area contributed by atoms with Crippen LogP contribution in [0, 0.1) is 24.2 Å². The lowest BCUT2D eigenvalue weighted by molar-refractivity contribution is 0.193. The summed E-state index contributed by atoms with van der Waals surface area (Å²) in [5.41, 5.74) is 5.32. The lowest BCUT2D eigenvalue weighted by Crippen LogP contribution is -2.48. The SMILES string of the molecule is Cc1cccc(S(=O)(=O)N2CC[C@@H]3[C@H](CO)N(C)c4ccc(-c5ccc(C#N)cc5)cc4[C@@H]32)c1. The van der Waals surface area contributed by atoms with Gasteiger partial charge in [0.2, 0.25) is 10.0 Å². The van der Waals surface area contributed by atoms with Gasteiger partial charge in [0.1, 0.15) is 0 Å². The van der Waals surface area contributed by atoms with E-state index in [9.17, 15) is 13.5 Å².